The van der Waals surface area contributed by atoms with Crippen molar-refractivity contribution in [1.82, 2.24) is 9.80 Å². The van der Waals surface area contributed by atoms with Crippen molar-refractivity contribution in [2.45, 2.75) is 12.2 Å². The number of benzene rings is 1. The minimum Gasteiger partial charge on any atom is -0.335 e. The molecular weight excluding hydrogens is 337 g/mol. The van der Waals surface area contributed by atoms with Gasteiger partial charge in [0.15, 0.2) is 0 Å². The van der Waals surface area contributed by atoms with Gasteiger partial charge in [-0.1, -0.05) is 6.07 Å². The third kappa shape index (κ3) is 2.83. The Balaban J connectivity index is 2.20. The fourth-order valence-corrected chi connectivity index (χ4v) is 2.69. The summed E-state index contributed by atoms with van der Waals surface area (Å²) in [7, 11) is 3.82. The molecule has 20 heavy (non-hydrogen) atoms. The SMILES string of the molecule is CN(C)C1CN(C(=O)c2cccc(C(F)(F)F)c2Br)C1. The summed E-state index contributed by atoms with van der Waals surface area (Å²) in [6.07, 6.45) is -4.48. The molecule has 1 amide bonds. The van der Waals surface area contributed by atoms with Crippen molar-refractivity contribution in [1.29, 1.82) is 0 Å². The predicted octanol–water partition coefficient (Wildman–Crippen LogP) is 2.85. The van der Waals surface area contributed by atoms with E-state index in [-0.39, 0.29) is 22.0 Å². The molecule has 2 rings (SSSR count). The number of likely N-dealkylation sites (N-methyl/N-ethyl adjacent to an activating group) is 1. The molecule has 0 aliphatic carbocycles. The molecule has 0 radical (unpaired) electrons. The Hall–Kier alpha value is -1.08. The number of hydrogen-bond donors (Lipinski definition) is 0. The van der Waals surface area contributed by atoms with Crippen LogP contribution >= 0.6 is 15.9 Å². The molecule has 0 N–H and O–H groups in total. The zero-order chi connectivity index (χ0) is 15.1. The van der Waals surface area contributed by atoms with Gasteiger partial charge in [-0.05, 0) is 42.2 Å². The maximum absolute atomic E-state index is 12.8. The van der Waals surface area contributed by atoms with Gasteiger partial charge in [0.05, 0.1) is 11.1 Å². The summed E-state index contributed by atoms with van der Waals surface area (Å²) < 4.78 is 38.2. The number of amides is 1. The quantitative estimate of drug-likeness (QED) is 0.818. The van der Waals surface area contributed by atoms with Crippen LogP contribution in [0.3, 0.4) is 0 Å². The molecule has 7 heteroatoms. The lowest BCUT2D eigenvalue weighted by molar-refractivity contribution is -0.138. The summed E-state index contributed by atoms with van der Waals surface area (Å²) in [6, 6.07) is 3.89. The molecule has 0 unspecified atom stereocenters. The van der Waals surface area contributed by atoms with Crippen molar-refractivity contribution in [2.75, 3.05) is 27.2 Å². The summed E-state index contributed by atoms with van der Waals surface area (Å²) in [5.41, 5.74) is -0.773. The van der Waals surface area contributed by atoms with Crippen molar-refractivity contribution >= 4 is 21.8 Å². The fraction of sp³-hybridized carbons (Fsp3) is 0.462. The van der Waals surface area contributed by atoms with E-state index in [1.165, 1.54) is 12.1 Å². The molecule has 0 spiro atoms. The molecule has 3 nitrogen and oxygen atoms in total. The maximum atomic E-state index is 12.8. The Morgan fingerprint density at radius 3 is 2.45 bits per heavy atom. The van der Waals surface area contributed by atoms with Gasteiger partial charge in [-0.15, -0.1) is 0 Å². The molecular formula is C13H14BrF3N2O. The number of alkyl halides is 3. The average Bonchev–Trinajstić information content (AvgIpc) is 2.24. The minimum absolute atomic E-state index is 0.0528. The first kappa shape index (κ1) is 15.3. The first-order valence-electron chi connectivity index (χ1n) is 6.03. The Morgan fingerprint density at radius 2 is 1.95 bits per heavy atom. The number of rotatable bonds is 2. The van der Waals surface area contributed by atoms with Crippen LogP contribution in [-0.4, -0.2) is 48.9 Å². The summed E-state index contributed by atoms with van der Waals surface area (Å²) >= 11 is 2.91. The number of carbonyl (C=O) groups is 1. The van der Waals surface area contributed by atoms with Crippen molar-refractivity contribution < 1.29 is 18.0 Å². The van der Waals surface area contributed by atoms with Gasteiger partial charge in [-0.25, -0.2) is 0 Å². The van der Waals surface area contributed by atoms with Crippen LogP contribution in [0.25, 0.3) is 0 Å². The highest BCUT2D eigenvalue weighted by Gasteiger charge is 2.37. The molecule has 110 valence electrons. The molecule has 0 saturated carbocycles. The zero-order valence-electron chi connectivity index (χ0n) is 11.0. The van der Waals surface area contributed by atoms with E-state index in [1.807, 2.05) is 19.0 Å². The molecule has 1 aromatic carbocycles. The molecule has 1 fully saturated rings. The highest BCUT2D eigenvalue weighted by Crippen LogP contribution is 2.37. The van der Waals surface area contributed by atoms with E-state index >= 15 is 0 Å². The number of carbonyl (C=O) groups excluding carboxylic acids is 1. The van der Waals surface area contributed by atoms with Gasteiger partial charge in [0.2, 0.25) is 0 Å². The molecule has 1 aliphatic rings. The van der Waals surface area contributed by atoms with Crippen LogP contribution in [0.4, 0.5) is 13.2 Å². The van der Waals surface area contributed by atoms with Crippen LogP contribution in [0, 0.1) is 0 Å². The van der Waals surface area contributed by atoms with Crippen LogP contribution in [-0.2, 0) is 6.18 Å². The smallest absolute Gasteiger partial charge is 0.335 e. The van der Waals surface area contributed by atoms with Crippen molar-refractivity contribution in [3.63, 3.8) is 0 Å². The molecule has 1 saturated heterocycles. The first-order chi connectivity index (χ1) is 9.21. The second kappa shape index (κ2) is 5.37. The van der Waals surface area contributed by atoms with E-state index in [0.717, 1.165) is 6.07 Å². The molecule has 0 bridgehead atoms. The molecule has 1 aromatic rings. The maximum Gasteiger partial charge on any atom is 0.417 e. The Morgan fingerprint density at radius 1 is 1.35 bits per heavy atom. The van der Waals surface area contributed by atoms with E-state index in [2.05, 4.69) is 15.9 Å². The van der Waals surface area contributed by atoms with Gasteiger partial charge in [0, 0.05) is 23.6 Å². The van der Waals surface area contributed by atoms with E-state index in [0.29, 0.717) is 13.1 Å². The average molecular weight is 351 g/mol. The highest BCUT2D eigenvalue weighted by molar-refractivity contribution is 9.10. The van der Waals surface area contributed by atoms with Crippen LogP contribution in [0.1, 0.15) is 15.9 Å². The topological polar surface area (TPSA) is 23.6 Å². The van der Waals surface area contributed by atoms with E-state index in [1.54, 1.807) is 4.90 Å². The molecule has 0 atom stereocenters. The number of likely N-dealkylation sites (tertiary alicyclic amines) is 1. The van der Waals surface area contributed by atoms with E-state index in [4.69, 9.17) is 0 Å². The van der Waals surface area contributed by atoms with Gasteiger partial charge in [-0.2, -0.15) is 13.2 Å². The van der Waals surface area contributed by atoms with E-state index < -0.39 is 11.7 Å². The summed E-state index contributed by atoms with van der Waals surface area (Å²) in [6.45, 7) is 1.07. The zero-order valence-corrected chi connectivity index (χ0v) is 12.6. The standard InChI is InChI=1S/C13H14BrF3N2O/c1-18(2)8-6-19(7-8)12(20)9-4-3-5-10(11(9)14)13(15,16)17/h3-5,8H,6-7H2,1-2H3. The normalized spacial score (nSPS) is 16.4. The van der Waals surface area contributed by atoms with Crippen LogP contribution in [0.15, 0.2) is 22.7 Å². The summed E-state index contributed by atoms with van der Waals surface area (Å²) in [5, 5.41) is 0. The van der Waals surface area contributed by atoms with Crippen LogP contribution in [0.5, 0.6) is 0 Å². The Kier molecular flexibility index (Phi) is 4.11. The Labute approximate surface area is 123 Å². The summed E-state index contributed by atoms with van der Waals surface area (Å²) in [5.74, 6) is -0.374. The second-order valence-electron chi connectivity index (χ2n) is 4.99. The lowest BCUT2D eigenvalue weighted by Gasteiger charge is -2.42. The number of nitrogens with zero attached hydrogens (tertiary/aromatic N) is 2. The van der Waals surface area contributed by atoms with Gasteiger partial charge in [0.1, 0.15) is 0 Å². The van der Waals surface area contributed by atoms with Crippen molar-refractivity contribution in [3.8, 4) is 0 Å². The predicted molar refractivity (Wildman–Crippen MR) is 72.5 cm³/mol. The fourth-order valence-electron chi connectivity index (χ4n) is 2.03. The van der Waals surface area contributed by atoms with Gasteiger partial charge >= 0.3 is 6.18 Å². The van der Waals surface area contributed by atoms with Crippen molar-refractivity contribution in [2.24, 2.45) is 0 Å². The van der Waals surface area contributed by atoms with Crippen molar-refractivity contribution in [3.05, 3.63) is 33.8 Å². The molecule has 0 aromatic heterocycles. The van der Waals surface area contributed by atoms with Crippen LogP contribution in [0.2, 0.25) is 0 Å². The highest BCUT2D eigenvalue weighted by atomic mass is 79.9. The third-order valence-electron chi connectivity index (χ3n) is 3.41. The number of halogens is 4. The number of hydrogen-bond acceptors (Lipinski definition) is 2. The first-order valence-corrected chi connectivity index (χ1v) is 6.82. The molecule has 1 aliphatic heterocycles. The second-order valence-corrected chi connectivity index (χ2v) is 5.79. The van der Waals surface area contributed by atoms with Gasteiger partial charge < -0.3 is 9.80 Å². The lowest BCUT2D eigenvalue weighted by atomic mass is 10.0. The monoisotopic (exact) mass is 350 g/mol. The third-order valence-corrected chi connectivity index (χ3v) is 4.27. The minimum atomic E-state index is -4.48. The van der Waals surface area contributed by atoms with E-state index in [9.17, 15) is 18.0 Å². The van der Waals surface area contributed by atoms with Gasteiger partial charge in [0.25, 0.3) is 5.91 Å². The lowest BCUT2D eigenvalue weighted by Crippen LogP contribution is -2.59. The van der Waals surface area contributed by atoms with Crippen LogP contribution < -0.4 is 0 Å². The van der Waals surface area contributed by atoms with Gasteiger partial charge in [-0.3, -0.25) is 4.79 Å². The Bertz CT molecular complexity index is 525. The summed E-state index contributed by atoms with van der Waals surface area (Å²) in [4.78, 5) is 15.7. The largest absolute Gasteiger partial charge is 0.417 e. The molecule has 1 heterocycles.